The van der Waals surface area contributed by atoms with E-state index >= 15 is 0 Å². The number of hydrazine groups is 1. The number of hydrogen-bond donors (Lipinski definition) is 2. The van der Waals surface area contributed by atoms with Gasteiger partial charge in [-0.2, -0.15) is 5.21 Å². The van der Waals surface area contributed by atoms with Crippen molar-refractivity contribution in [1.82, 2.24) is 31.1 Å². The summed E-state index contributed by atoms with van der Waals surface area (Å²) in [7, 11) is 0. The summed E-state index contributed by atoms with van der Waals surface area (Å²) in [6.45, 7) is 13.7. The van der Waals surface area contributed by atoms with Gasteiger partial charge in [-0.05, 0) is 51.0 Å². The van der Waals surface area contributed by atoms with E-state index in [1.54, 1.807) is 20.8 Å². The van der Waals surface area contributed by atoms with E-state index in [9.17, 15) is 14.4 Å². The second kappa shape index (κ2) is 14.5. The van der Waals surface area contributed by atoms with Crippen LogP contribution in [0.1, 0.15) is 72.7 Å². The Morgan fingerprint density at radius 1 is 1.08 bits per heavy atom. The van der Waals surface area contributed by atoms with Crippen molar-refractivity contribution in [3.05, 3.63) is 47.8 Å². The van der Waals surface area contributed by atoms with Crippen LogP contribution in [0.3, 0.4) is 0 Å². The van der Waals surface area contributed by atoms with Crippen molar-refractivity contribution >= 4 is 23.7 Å². The second-order valence-electron chi connectivity index (χ2n) is 11.2. The summed E-state index contributed by atoms with van der Waals surface area (Å²) in [6.07, 6.45) is 4.13. The molecule has 2 atom stereocenters. The Balaban J connectivity index is 2.43. The molecular formula is C28H42N6O4. The van der Waals surface area contributed by atoms with Gasteiger partial charge in [0.2, 0.25) is 5.91 Å². The molecular weight excluding hydrogens is 484 g/mol. The summed E-state index contributed by atoms with van der Waals surface area (Å²) >= 11 is 0. The van der Waals surface area contributed by atoms with Gasteiger partial charge in [0, 0.05) is 6.54 Å². The monoisotopic (exact) mass is 526 g/mol. The highest BCUT2D eigenvalue weighted by atomic mass is 16.6. The third-order valence-corrected chi connectivity index (χ3v) is 5.48. The van der Waals surface area contributed by atoms with E-state index in [0.29, 0.717) is 13.0 Å². The molecule has 0 saturated carbocycles. The Morgan fingerprint density at radius 2 is 1.76 bits per heavy atom. The van der Waals surface area contributed by atoms with Crippen molar-refractivity contribution in [2.24, 2.45) is 17.8 Å². The topological polar surface area (TPSA) is 130 Å². The lowest BCUT2D eigenvalue weighted by Crippen LogP contribution is -2.57. The number of Topliss-reactive ketones (excluding diaryl/α,β-unsaturated/α-hetero) is 1. The van der Waals surface area contributed by atoms with Gasteiger partial charge >= 0.3 is 5.97 Å². The lowest BCUT2D eigenvalue weighted by atomic mass is 9.90. The Bertz CT molecular complexity index is 1050. The zero-order valence-electron chi connectivity index (χ0n) is 23.6. The molecule has 208 valence electrons. The smallest absolute Gasteiger partial charge is 0.331 e. The molecule has 10 heteroatoms. The highest BCUT2D eigenvalue weighted by Gasteiger charge is 2.39. The molecule has 1 amide bonds. The number of ketones is 1. The fraction of sp³-hybridized carbons (Fsp3) is 0.571. The van der Waals surface area contributed by atoms with Crippen LogP contribution in [0, 0.1) is 17.8 Å². The summed E-state index contributed by atoms with van der Waals surface area (Å²) in [6, 6.07) is 8.71. The van der Waals surface area contributed by atoms with Gasteiger partial charge < -0.3 is 4.74 Å². The van der Waals surface area contributed by atoms with E-state index in [1.165, 1.54) is 5.01 Å². The van der Waals surface area contributed by atoms with E-state index in [0.717, 1.165) is 5.56 Å². The number of rotatable bonds is 14. The minimum Gasteiger partial charge on any atom is -0.458 e. The number of ether oxygens (including phenoxy) is 1. The predicted molar refractivity (Wildman–Crippen MR) is 145 cm³/mol. The third kappa shape index (κ3) is 10.5. The molecule has 0 bridgehead atoms. The molecule has 1 aromatic carbocycles. The Morgan fingerprint density at radius 3 is 2.32 bits per heavy atom. The lowest BCUT2D eigenvalue weighted by molar-refractivity contribution is -0.169. The number of nitrogens with one attached hydrogen (secondary N) is 2. The molecule has 0 fully saturated rings. The van der Waals surface area contributed by atoms with E-state index in [4.69, 9.17) is 4.74 Å². The summed E-state index contributed by atoms with van der Waals surface area (Å²) < 4.78 is 5.72. The number of H-pyrrole nitrogens is 1. The van der Waals surface area contributed by atoms with Gasteiger partial charge in [-0.25, -0.2) is 10.2 Å². The van der Waals surface area contributed by atoms with Crippen LogP contribution >= 0.6 is 0 Å². The maximum atomic E-state index is 14.1. The number of esters is 1. The van der Waals surface area contributed by atoms with Gasteiger partial charge in [-0.1, -0.05) is 75.4 Å². The first-order chi connectivity index (χ1) is 17.9. The second-order valence-corrected chi connectivity index (χ2v) is 11.2. The van der Waals surface area contributed by atoms with Crippen molar-refractivity contribution in [3.63, 3.8) is 0 Å². The average Bonchev–Trinajstić information content (AvgIpc) is 3.33. The number of benzene rings is 1. The number of hydrogen-bond acceptors (Lipinski definition) is 8. The molecule has 0 radical (unpaired) electrons. The molecule has 38 heavy (non-hydrogen) atoms. The van der Waals surface area contributed by atoms with Gasteiger partial charge in [0.05, 0.1) is 12.3 Å². The molecule has 10 nitrogen and oxygen atoms in total. The normalized spacial score (nSPS) is 13.6. The molecule has 0 aliphatic carbocycles. The van der Waals surface area contributed by atoms with Crippen LogP contribution < -0.4 is 5.43 Å². The van der Waals surface area contributed by atoms with Gasteiger partial charge in [0.25, 0.3) is 0 Å². The first-order valence-electron chi connectivity index (χ1n) is 13.1. The molecule has 2 rings (SSSR count). The van der Waals surface area contributed by atoms with Gasteiger partial charge in [0.1, 0.15) is 11.6 Å². The average molecular weight is 527 g/mol. The maximum absolute atomic E-state index is 14.1. The number of carbonyl (C=O) groups excluding carboxylic acids is 3. The van der Waals surface area contributed by atoms with Crippen LogP contribution in [0.25, 0.3) is 6.08 Å². The van der Waals surface area contributed by atoms with Gasteiger partial charge in [-0.15, -0.1) is 10.2 Å². The van der Waals surface area contributed by atoms with Crippen LogP contribution in [0.15, 0.2) is 36.4 Å². The molecule has 0 aliphatic rings. The molecule has 0 spiro atoms. The fourth-order valence-corrected chi connectivity index (χ4v) is 3.74. The third-order valence-electron chi connectivity index (χ3n) is 5.48. The molecule has 1 heterocycles. The van der Waals surface area contributed by atoms with Crippen molar-refractivity contribution in [3.8, 4) is 0 Å². The summed E-state index contributed by atoms with van der Waals surface area (Å²) in [5.41, 5.74) is 3.36. The molecule has 2 aromatic rings. The van der Waals surface area contributed by atoms with E-state index in [-0.39, 0.29) is 36.3 Å². The zero-order valence-corrected chi connectivity index (χ0v) is 23.6. The van der Waals surface area contributed by atoms with Crippen LogP contribution in [-0.4, -0.2) is 61.5 Å². The SMILES string of the molecule is CC(C)CNN(C(=O)[C@H](CC(C)C)C(=O)Cc1nn[nH]n1)[C@@H](CC=Cc1ccccc1)C(=O)OC(C)(C)C. The van der Waals surface area contributed by atoms with Gasteiger partial charge in [-0.3, -0.25) is 14.6 Å². The number of aromatic amines is 1. The Kier molecular flexibility index (Phi) is 11.8. The number of aromatic nitrogens is 4. The molecule has 0 aliphatic heterocycles. The zero-order chi connectivity index (χ0) is 28.3. The van der Waals surface area contributed by atoms with Crippen LogP contribution in [0.4, 0.5) is 0 Å². The van der Waals surface area contributed by atoms with E-state index < -0.39 is 29.4 Å². The lowest BCUT2D eigenvalue weighted by Gasteiger charge is -2.35. The predicted octanol–water partition coefficient (Wildman–Crippen LogP) is 3.78. The van der Waals surface area contributed by atoms with Gasteiger partial charge in [0.15, 0.2) is 11.6 Å². The first-order valence-corrected chi connectivity index (χ1v) is 13.1. The quantitative estimate of drug-likeness (QED) is 0.216. The van der Waals surface area contributed by atoms with Crippen LogP contribution in [-0.2, 0) is 25.5 Å². The maximum Gasteiger partial charge on any atom is 0.331 e. The van der Waals surface area contributed by atoms with Crippen LogP contribution in [0.2, 0.25) is 0 Å². The summed E-state index contributed by atoms with van der Waals surface area (Å²) in [5.74, 6) is -1.88. The number of tetrazole rings is 1. The van der Waals surface area contributed by atoms with E-state index in [1.807, 2.05) is 70.2 Å². The highest BCUT2D eigenvalue weighted by Crippen LogP contribution is 2.21. The molecule has 1 aromatic heterocycles. The summed E-state index contributed by atoms with van der Waals surface area (Å²) in [4.78, 5) is 40.8. The summed E-state index contributed by atoms with van der Waals surface area (Å²) in [5, 5.41) is 14.9. The van der Waals surface area contributed by atoms with Crippen molar-refractivity contribution < 1.29 is 19.1 Å². The van der Waals surface area contributed by atoms with Crippen LogP contribution in [0.5, 0.6) is 0 Å². The first kappa shape index (κ1) is 30.8. The number of carbonyl (C=O) groups is 3. The number of nitrogens with zero attached hydrogens (tertiary/aromatic N) is 4. The molecule has 2 N–H and O–H groups in total. The fourth-order valence-electron chi connectivity index (χ4n) is 3.74. The minimum absolute atomic E-state index is 0.0584. The Hall–Kier alpha value is -3.40. The van der Waals surface area contributed by atoms with Crippen molar-refractivity contribution in [2.45, 2.75) is 79.4 Å². The highest BCUT2D eigenvalue weighted by molar-refractivity contribution is 6.02. The largest absolute Gasteiger partial charge is 0.458 e. The van der Waals surface area contributed by atoms with E-state index in [2.05, 4.69) is 26.0 Å². The standard InChI is InChI=1S/C28H42N6O4/c1-19(2)16-22(24(35)17-25-30-32-33-31-25)26(36)34(29-18-20(3)4)23(27(37)38-28(5,6)7)15-11-14-21-12-9-8-10-13-21/h8-14,19-20,22-23,29H,15-18H2,1-7H3,(H,30,31,32,33)/t22-,23+/m1/s1. The van der Waals surface area contributed by atoms with Crippen molar-refractivity contribution in [2.75, 3.05) is 6.54 Å². The molecule has 0 saturated heterocycles. The Labute approximate surface area is 225 Å². The molecule has 0 unspecified atom stereocenters. The number of amides is 1. The van der Waals surface area contributed by atoms with Crippen molar-refractivity contribution in [1.29, 1.82) is 0 Å². The minimum atomic E-state index is -0.990.